The molecule has 0 radical (unpaired) electrons. The van der Waals surface area contributed by atoms with Gasteiger partial charge in [0.25, 0.3) is 0 Å². The summed E-state index contributed by atoms with van der Waals surface area (Å²) in [5, 5.41) is 0.927. The van der Waals surface area contributed by atoms with Crippen LogP contribution in [0, 0.1) is 0 Å². The molecule has 8 rings (SSSR count). The van der Waals surface area contributed by atoms with E-state index in [0.717, 1.165) is 61.7 Å². The van der Waals surface area contributed by atoms with Crippen LogP contribution in [0.3, 0.4) is 0 Å². The van der Waals surface area contributed by atoms with Gasteiger partial charge in [-0.05, 0) is 42.5 Å². The highest BCUT2D eigenvalue weighted by Crippen LogP contribution is 2.45. The molecule has 5 aromatic heterocycles. The summed E-state index contributed by atoms with van der Waals surface area (Å²) in [6, 6.07) is 40.5. The second kappa shape index (κ2) is 10.3. The zero-order chi connectivity index (χ0) is 29.6. The third-order valence-corrected chi connectivity index (χ3v) is 8.05. The van der Waals surface area contributed by atoms with Crippen LogP contribution in [0.4, 0.5) is 11.4 Å². The van der Waals surface area contributed by atoms with Gasteiger partial charge in [0.1, 0.15) is 5.52 Å². The maximum absolute atomic E-state index is 7.02. The van der Waals surface area contributed by atoms with E-state index in [1.54, 1.807) is 6.20 Å². The van der Waals surface area contributed by atoms with Crippen LogP contribution in [0.2, 0.25) is 0 Å². The molecule has 0 fully saturated rings. The Morgan fingerprint density at radius 1 is 0.455 bits per heavy atom. The van der Waals surface area contributed by atoms with Gasteiger partial charge in [-0.25, -0.2) is 0 Å². The predicted molar refractivity (Wildman–Crippen MR) is 179 cm³/mol. The molecule has 0 unspecified atom stereocenters. The van der Waals surface area contributed by atoms with Crippen molar-refractivity contribution >= 4 is 33.3 Å². The summed E-state index contributed by atoms with van der Waals surface area (Å²) < 4.78 is 4.24. The van der Waals surface area contributed by atoms with Gasteiger partial charge in [-0.2, -0.15) is 0 Å². The molecular formula is C37H27N7. The maximum Gasteiger partial charge on any atom is 0.112 e. The van der Waals surface area contributed by atoms with E-state index >= 15 is 0 Å². The Kier molecular flexibility index (Phi) is 5.94. The fourth-order valence-corrected chi connectivity index (χ4v) is 6.00. The maximum atomic E-state index is 7.02. The first kappa shape index (κ1) is 25.5. The number of benzene rings is 3. The minimum atomic E-state index is 0.539. The van der Waals surface area contributed by atoms with Crippen LogP contribution >= 0.6 is 0 Å². The number of rotatable bonds is 5. The van der Waals surface area contributed by atoms with Crippen LogP contribution in [0.25, 0.3) is 67.2 Å². The lowest BCUT2D eigenvalue weighted by Crippen LogP contribution is -2.06. The molecule has 0 amide bonds. The van der Waals surface area contributed by atoms with Crippen LogP contribution in [0.1, 0.15) is 0 Å². The van der Waals surface area contributed by atoms with Gasteiger partial charge in [0, 0.05) is 22.7 Å². The molecule has 0 saturated carbocycles. The molecule has 0 aliphatic rings. The molecule has 0 aliphatic carbocycles. The lowest BCUT2D eigenvalue weighted by molar-refractivity contribution is 1.05. The SMILES string of the molecule is Nc1c(-c2c(N)c3ncccc3n2-c2ccc(-c3ccccc3)nc2)n(-c2ccc(-c3ccccc3)nc2)c2ccccc12. The van der Waals surface area contributed by atoms with Crippen molar-refractivity contribution in [2.45, 2.75) is 0 Å². The Morgan fingerprint density at radius 3 is 1.57 bits per heavy atom. The number of anilines is 2. The fourth-order valence-electron chi connectivity index (χ4n) is 6.00. The number of para-hydroxylation sites is 1. The van der Waals surface area contributed by atoms with Crippen LogP contribution < -0.4 is 11.5 Å². The van der Waals surface area contributed by atoms with Gasteiger partial charge in [0.15, 0.2) is 0 Å². The highest BCUT2D eigenvalue weighted by molar-refractivity contribution is 6.08. The van der Waals surface area contributed by atoms with Gasteiger partial charge in [0.05, 0.1) is 69.0 Å². The average Bonchev–Trinajstić information content (AvgIpc) is 3.55. The zero-order valence-corrected chi connectivity index (χ0v) is 23.7. The molecule has 7 heteroatoms. The Morgan fingerprint density at radius 2 is 0.977 bits per heavy atom. The van der Waals surface area contributed by atoms with E-state index in [-0.39, 0.29) is 0 Å². The molecule has 7 nitrogen and oxygen atoms in total. The molecule has 0 bridgehead atoms. The van der Waals surface area contributed by atoms with Crippen molar-refractivity contribution in [3.8, 4) is 45.3 Å². The highest BCUT2D eigenvalue weighted by Gasteiger charge is 2.27. The quantitative estimate of drug-likeness (QED) is 0.219. The van der Waals surface area contributed by atoms with Crippen LogP contribution in [-0.4, -0.2) is 24.1 Å². The molecule has 0 spiro atoms. The van der Waals surface area contributed by atoms with E-state index in [1.165, 1.54) is 0 Å². The third-order valence-electron chi connectivity index (χ3n) is 8.05. The second-order valence-corrected chi connectivity index (χ2v) is 10.6. The van der Waals surface area contributed by atoms with Crippen molar-refractivity contribution in [3.05, 3.63) is 140 Å². The number of aromatic nitrogens is 5. The van der Waals surface area contributed by atoms with Crippen molar-refractivity contribution in [2.75, 3.05) is 11.5 Å². The summed E-state index contributed by atoms with van der Waals surface area (Å²) in [5.74, 6) is 0. The Hall–Kier alpha value is -6.21. The Bertz CT molecular complexity index is 2100. The van der Waals surface area contributed by atoms with Gasteiger partial charge in [-0.15, -0.1) is 0 Å². The van der Waals surface area contributed by atoms with Gasteiger partial charge in [-0.3, -0.25) is 15.0 Å². The number of nitrogens with zero attached hydrogens (tertiary/aromatic N) is 5. The number of hydrogen-bond donors (Lipinski definition) is 2. The largest absolute Gasteiger partial charge is 0.396 e. The van der Waals surface area contributed by atoms with Crippen molar-refractivity contribution in [3.63, 3.8) is 0 Å². The first-order chi connectivity index (χ1) is 21.7. The first-order valence-corrected chi connectivity index (χ1v) is 14.4. The molecule has 0 saturated heterocycles. The van der Waals surface area contributed by atoms with E-state index in [4.69, 9.17) is 21.4 Å². The van der Waals surface area contributed by atoms with Crippen molar-refractivity contribution in [1.29, 1.82) is 0 Å². The molecule has 0 atom stereocenters. The summed E-state index contributed by atoms with van der Waals surface area (Å²) in [6.07, 6.45) is 5.52. The summed E-state index contributed by atoms with van der Waals surface area (Å²) in [5.41, 5.74) is 24.8. The molecule has 0 aliphatic heterocycles. The van der Waals surface area contributed by atoms with E-state index in [9.17, 15) is 0 Å². The number of hydrogen-bond acceptors (Lipinski definition) is 5. The van der Waals surface area contributed by atoms with E-state index in [1.807, 2.05) is 91.3 Å². The fraction of sp³-hybridized carbons (Fsp3) is 0. The molecule has 210 valence electrons. The summed E-state index contributed by atoms with van der Waals surface area (Å²) in [7, 11) is 0. The van der Waals surface area contributed by atoms with E-state index in [0.29, 0.717) is 16.9 Å². The van der Waals surface area contributed by atoms with Crippen molar-refractivity contribution < 1.29 is 0 Å². The highest BCUT2D eigenvalue weighted by atomic mass is 15.1. The lowest BCUT2D eigenvalue weighted by Gasteiger charge is -2.16. The molecule has 5 heterocycles. The molecule has 4 N–H and O–H groups in total. The minimum Gasteiger partial charge on any atom is -0.396 e. The monoisotopic (exact) mass is 569 g/mol. The molecular weight excluding hydrogens is 542 g/mol. The van der Waals surface area contributed by atoms with Crippen LogP contribution in [0.5, 0.6) is 0 Å². The van der Waals surface area contributed by atoms with Crippen LogP contribution in [0.15, 0.2) is 140 Å². The minimum absolute atomic E-state index is 0.539. The third kappa shape index (κ3) is 4.02. The zero-order valence-electron chi connectivity index (χ0n) is 23.7. The normalized spacial score (nSPS) is 11.4. The Balaban J connectivity index is 1.38. The summed E-state index contributed by atoms with van der Waals surface area (Å²) in [6.45, 7) is 0. The molecule has 44 heavy (non-hydrogen) atoms. The van der Waals surface area contributed by atoms with Crippen LogP contribution in [-0.2, 0) is 0 Å². The number of pyridine rings is 3. The van der Waals surface area contributed by atoms with E-state index in [2.05, 4.69) is 56.6 Å². The first-order valence-electron chi connectivity index (χ1n) is 14.4. The van der Waals surface area contributed by atoms with E-state index < -0.39 is 0 Å². The number of nitrogens with two attached hydrogens (primary N) is 2. The van der Waals surface area contributed by atoms with Crippen molar-refractivity contribution in [1.82, 2.24) is 24.1 Å². The van der Waals surface area contributed by atoms with Gasteiger partial charge in [0.2, 0.25) is 0 Å². The van der Waals surface area contributed by atoms with Crippen molar-refractivity contribution in [2.24, 2.45) is 0 Å². The Labute approximate surface area is 253 Å². The summed E-state index contributed by atoms with van der Waals surface area (Å²) >= 11 is 0. The number of nitrogen functional groups attached to an aromatic ring is 2. The topological polar surface area (TPSA) is 101 Å². The molecule has 3 aromatic carbocycles. The lowest BCUT2D eigenvalue weighted by atomic mass is 10.1. The van der Waals surface area contributed by atoms with Gasteiger partial charge < -0.3 is 20.6 Å². The van der Waals surface area contributed by atoms with Gasteiger partial charge >= 0.3 is 0 Å². The summed E-state index contributed by atoms with van der Waals surface area (Å²) in [4.78, 5) is 14.3. The second-order valence-electron chi connectivity index (χ2n) is 10.6. The standard InChI is InChI=1S/C37H27N7/c38-33-28-14-7-8-15-31(28)43(26-17-19-29(41-22-26)24-10-3-1-4-11-24)36(33)37-34(39)35-32(16-9-21-40-35)44(37)27-18-20-30(42-23-27)25-12-5-2-6-13-25/h1-23H,38-39H2. The average molecular weight is 570 g/mol. The smallest absolute Gasteiger partial charge is 0.112 e. The predicted octanol–water partition coefficient (Wildman–Crippen LogP) is 7.92. The molecule has 8 aromatic rings. The van der Waals surface area contributed by atoms with Gasteiger partial charge in [-0.1, -0.05) is 78.9 Å². The number of fused-ring (bicyclic) bond motifs is 2.